The molecule has 1 heterocycles. The minimum atomic E-state index is -0.324. The van der Waals surface area contributed by atoms with Crippen LogP contribution in [0.3, 0.4) is 0 Å². The van der Waals surface area contributed by atoms with Crippen LogP contribution < -0.4 is 5.73 Å². The molecule has 4 heteroatoms. The van der Waals surface area contributed by atoms with E-state index >= 15 is 0 Å². The highest BCUT2D eigenvalue weighted by Gasteiger charge is 2.54. The summed E-state index contributed by atoms with van der Waals surface area (Å²) in [5.41, 5.74) is 5.55. The molecule has 1 aromatic heterocycles. The van der Waals surface area contributed by atoms with Crippen LogP contribution in [-0.4, -0.2) is 30.4 Å². The van der Waals surface area contributed by atoms with Crippen LogP contribution in [0.2, 0.25) is 0 Å². The molecule has 0 spiro atoms. The van der Waals surface area contributed by atoms with Gasteiger partial charge in [-0.25, -0.2) is 0 Å². The molecule has 18 heavy (non-hydrogen) atoms. The van der Waals surface area contributed by atoms with Gasteiger partial charge in [0.15, 0.2) is 0 Å². The molecule has 0 radical (unpaired) electrons. The first kappa shape index (κ1) is 13.6. The lowest BCUT2D eigenvalue weighted by Gasteiger charge is -2.49. The summed E-state index contributed by atoms with van der Waals surface area (Å²) in [4.78, 5) is 16.0. The second-order valence-electron chi connectivity index (χ2n) is 4.90. The van der Waals surface area contributed by atoms with E-state index in [1.165, 1.54) is 4.88 Å². The van der Waals surface area contributed by atoms with Crippen LogP contribution in [-0.2, 0) is 10.2 Å². The number of carbonyl (C=O) groups is 1. The van der Waals surface area contributed by atoms with Gasteiger partial charge in [0, 0.05) is 18.0 Å². The van der Waals surface area contributed by atoms with Crippen molar-refractivity contribution in [2.45, 2.75) is 32.1 Å². The van der Waals surface area contributed by atoms with Gasteiger partial charge in [0.05, 0.1) is 5.41 Å². The van der Waals surface area contributed by atoms with Gasteiger partial charge in [-0.1, -0.05) is 6.07 Å². The molecular formula is C14H22N2OS. The molecule has 3 nitrogen and oxygen atoms in total. The Hall–Kier alpha value is -0.870. The van der Waals surface area contributed by atoms with Gasteiger partial charge in [-0.3, -0.25) is 4.79 Å². The SMILES string of the molecule is CCN(CC)C(=O)[C@@]1(c2cccs2)CC[C@H]1CN. The third kappa shape index (κ3) is 1.88. The van der Waals surface area contributed by atoms with Crippen LogP contribution in [0.5, 0.6) is 0 Å². The van der Waals surface area contributed by atoms with Gasteiger partial charge < -0.3 is 10.6 Å². The standard InChI is InChI=1S/C14H22N2OS/c1-3-16(4-2)13(17)14(8-7-11(14)10-15)12-6-5-9-18-12/h5-6,9,11H,3-4,7-8,10,15H2,1-2H3/t11-,14-/m0/s1. The van der Waals surface area contributed by atoms with E-state index in [0.29, 0.717) is 12.5 Å². The predicted molar refractivity (Wildman–Crippen MR) is 75.7 cm³/mol. The van der Waals surface area contributed by atoms with Crippen molar-refractivity contribution in [1.29, 1.82) is 0 Å². The van der Waals surface area contributed by atoms with E-state index in [2.05, 4.69) is 11.4 Å². The molecule has 0 aliphatic heterocycles. The summed E-state index contributed by atoms with van der Waals surface area (Å²) in [5.74, 6) is 0.584. The number of amides is 1. The molecule has 0 aromatic carbocycles. The highest BCUT2D eigenvalue weighted by Crippen LogP contribution is 2.51. The second kappa shape index (κ2) is 5.41. The van der Waals surface area contributed by atoms with Gasteiger partial charge >= 0.3 is 0 Å². The number of likely N-dealkylation sites (N-methyl/N-ethyl adjacent to an activating group) is 1. The van der Waals surface area contributed by atoms with Crippen LogP contribution in [0, 0.1) is 5.92 Å². The van der Waals surface area contributed by atoms with E-state index in [0.717, 1.165) is 25.9 Å². The minimum absolute atomic E-state index is 0.275. The molecule has 2 N–H and O–H groups in total. The maximum Gasteiger partial charge on any atom is 0.234 e. The molecule has 0 bridgehead atoms. The molecule has 2 rings (SSSR count). The molecule has 0 saturated heterocycles. The molecule has 2 atom stereocenters. The Balaban J connectivity index is 2.35. The van der Waals surface area contributed by atoms with Gasteiger partial charge in [0.1, 0.15) is 0 Å². The zero-order valence-corrected chi connectivity index (χ0v) is 12.0. The van der Waals surface area contributed by atoms with Gasteiger partial charge in [-0.15, -0.1) is 11.3 Å². The van der Waals surface area contributed by atoms with E-state index in [4.69, 9.17) is 5.73 Å². The Bertz CT molecular complexity index is 398. The molecule has 1 saturated carbocycles. The Morgan fingerprint density at radius 3 is 2.67 bits per heavy atom. The fraction of sp³-hybridized carbons (Fsp3) is 0.643. The number of hydrogen-bond acceptors (Lipinski definition) is 3. The lowest BCUT2D eigenvalue weighted by Crippen LogP contribution is -2.58. The van der Waals surface area contributed by atoms with Crippen LogP contribution in [0.4, 0.5) is 0 Å². The van der Waals surface area contributed by atoms with Gasteiger partial charge in [-0.2, -0.15) is 0 Å². The van der Waals surface area contributed by atoms with Crippen molar-refractivity contribution in [3.05, 3.63) is 22.4 Å². The van der Waals surface area contributed by atoms with Crippen LogP contribution in [0.15, 0.2) is 17.5 Å². The Labute approximate surface area is 113 Å². The predicted octanol–water partition coefficient (Wildman–Crippen LogP) is 2.22. The van der Waals surface area contributed by atoms with Crippen molar-refractivity contribution in [2.24, 2.45) is 11.7 Å². The van der Waals surface area contributed by atoms with Crippen LogP contribution >= 0.6 is 11.3 Å². The minimum Gasteiger partial charge on any atom is -0.342 e. The Kier molecular flexibility index (Phi) is 4.07. The molecular weight excluding hydrogens is 244 g/mol. The molecule has 1 aromatic rings. The number of nitrogens with zero attached hydrogens (tertiary/aromatic N) is 1. The lowest BCUT2D eigenvalue weighted by atomic mass is 9.58. The first-order chi connectivity index (χ1) is 8.70. The fourth-order valence-corrected chi connectivity index (χ4v) is 4.02. The number of hydrogen-bond donors (Lipinski definition) is 1. The van der Waals surface area contributed by atoms with Gasteiger partial charge in [-0.05, 0) is 50.6 Å². The normalized spacial score (nSPS) is 26.7. The van der Waals surface area contributed by atoms with E-state index in [1.54, 1.807) is 11.3 Å². The van der Waals surface area contributed by atoms with Crippen LogP contribution in [0.1, 0.15) is 31.6 Å². The summed E-state index contributed by atoms with van der Waals surface area (Å²) >= 11 is 1.69. The summed E-state index contributed by atoms with van der Waals surface area (Å²) in [6, 6.07) is 4.12. The van der Waals surface area contributed by atoms with E-state index < -0.39 is 0 Å². The third-order valence-electron chi connectivity index (χ3n) is 4.26. The Morgan fingerprint density at radius 1 is 1.56 bits per heavy atom. The van der Waals surface area contributed by atoms with Crippen LogP contribution in [0.25, 0.3) is 0 Å². The summed E-state index contributed by atoms with van der Waals surface area (Å²) in [5, 5.41) is 2.05. The Morgan fingerprint density at radius 2 is 2.28 bits per heavy atom. The number of thiophene rings is 1. The van der Waals surface area contributed by atoms with Crippen molar-refractivity contribution < 1.29 is 4.79 Å². The van der Waals surface area contributed by atoms with Gasteiger partial charge in [0.2, 0.25) is 5.91 Å². The summed E-state index contributed by atoms with van der Waals surface area (Å²) in [6.07, 6.45) is 2.02. The van der Waals surface area contributed by atoms with Gasteiger partial charge in [0.25, 0.3) is 0 Å². The molecule has 1 fully saturated rings. The second-order valence-corrected chi connectivity index (χ2v) is 5.85. The van der Waals surface area contributed by atoms with Crippen molar-refractivity contribution in [3.63, 3.8) is 0 Å². The highest BCUT2D eigenvalue weighted by molar-refractivity contribution is 7.10. The number of rotatable bonds is 5. The maximum atomic E-state index is 12.9. The molecule has 1 aliphatic carbocycles. The topological polar surface area (TPSA) is 46.3 Å². The van der Waals surface area contributed by atoms with Crippen molar-refractivity contribution >= 4 is 17.2 Å². The molecule has 1 amide bonds. The maximum absolute atomic E-state index is 12.9. The lowest BCUT2D eigenvalue weighted by molar-refractivity contribution is -0.144. The molecule has 1 aliphatic rings. The number of carbonyl (C=O) groups excluding carboxylic acids is 1. The van der Waals surface area contributed by atoms with Crippen molar-refractivity contribution in [2.75, 3.05) is 19.6 Å². The monoisotopic (exact) mass is 266 g/mol. The first-order valence-electron chi connectivity index (χ1n) is 6.74. The zero-order valence-electron chi connectivity index (χ0n) is 11.2. The summed E-state index contributed by atoms with van der Waals surface area (Å²) in [7, 11) is 0. The van der Waals surface area contributed by atoms with Crippen molar-refractivity contribution in [3.8, 4) is 0 Å². The quantitative estimate of drug-likeness (QED) is 0.888. The zero-order chi connectivity index (χ0) is 13.2. The summed E-state index contributed by atoms with van der Waals surface area (Å²) < 4.78 is 0. The molecule has 0 unspecified atom stereocenters. The average Bonchev–Trinajstić information content (AvgIpc) is 2.84. The average molecular weight is 266 g/mol. The summed E-state index contributed by atoms with van der Waals surface area (Å²) in [6.45, 7) is 6.24. The highest BCUT2D eigenvalue weighted by atomic mass is 32.1. The van der Waals surface area contributed by atoms with E-state index in [9.17, 15) is 4.79 Å². The fourth-order valence-electron chi connectivity index (χ4n) is 2.99. The number of nitrogens with two attached hydrogens (primary N) is 1. The smallest absolute Gasteiger partial charge is 0.234 e. The van der Waals surface area contributed by atoms with Crippen molar-refractivity contribution in [1.82, 2.24) is 4.90 Å². The molecule has 100 valence electrons. The largest absolute Gasteiger partial charge is 0.342 e. The third-order valence-corrected chi connectivity index (χ3v) is 5.31. The van der Waals surface area contributed by atoms with E-state index in [1.807, 2.05) is 24.8 Å². The van der Waals surface area contributed by atoms with E-state index in [-0.39, 0.29) is 11.3 Å². The first-order valence-corrected chi connectivity index (χ1v) is 7.62.